The molecule has 38 heavy (non-hydrogen) atoms. The summed E-state index contributed by atoms with van der Waals surface area (Å²) in [5, 5.41) is 0.514. The summed E-state index contributed by atoms with van der Waals surface area (Å²) in [4.78, 5) is 45.3. The number of hydrogen-bond donors (Lipinski definition) is 0. The van der Waals surface area contributed by atoms with Gasteiger partial charge in [0.2, 0.25) is 11.8 Å². The number of hydrogen-bond acceptors (Lipinski definition) is 6. The van der Waals surface area contributed by atoms with Crippen molar-refractivity contribution in [3.63, 3.8) is 0 Å². The molecule has 4 aliphatic rings. The Bertz CT molecular complexity index is 1560. The summed E-state index contributed by atoms with van der Waals surface area (Å²) < 4.78 is 12.1. The molecule has 0 spiro atoms. The summed E-state index contributed by atoms with van der Waals surface area (Å²) in [7, 11) is 0. The highest BCUT2D eigenvalue weighted by atomic mass is 79.9. The number of fused-ring (bicyclic) bond motifs is 6. The summed E-state index contributed by atoms with van der Waals surface area (Å²) in [5.41, 5.74) is 2.49. The van der Waals surface area contributed by atoms with E-state index in [1.807, 2.05) is 23.1 Å². The SMILES string of the molecule is O=C(c1ccc(Br)cc1)[C@@H]1[C@@H]2C(=O)N(c3ccc4c(c3)OCCO4)C(=O)[C@H]2[C@H]2C=Cc3ccc(Cl)cc3N21. The molecule has 3 aromatic rings. The summed E-state index contributed by atoms with van der Waals surface area (Å²) in [6, 6.07) is 16.2. The highest BCUT2D eigenvalue weighted by molar-refractivity contribution is 9.10. The van der Waals surface area contributed by atoms with E-state index in [9.17, 15) is 14.4 Å². The predicted molar refractivity (Wildman–Crippen MR) is 146 cm³/mol. The molecule has 0 bridgehead atoms. The van der Waals surface area contributed by atoms with Gasteiger partial charge < -0.3 is 14.4 Å². The van der Waals surface area contributed by atoms with Crippen LogP contribution in [-0.2, 0) is 9.59 Å². The average Bonchev–Trinajstić information content (AvgIpc) is 3.41. The van der Waals surface area contributed by atoms with E-state index in [4.69, 9.17) is 21.1 Å². The Hall–Kier alpha value is -3.62. The maximum absolute atomic E-state index is 14.1. The first-order valence-corrected chi connectivity index (χ1v) is 13.4. The van der Waals surface area contributed by atoms with E-state index in [-0.39, 0.29) is 11.7 Å². The zero-order valence-electron chi connectivity index (χ0n) is 19.8. The zero-order valence-corrected chi connectivity index (χ0v) is 22.2. The van der Waals surface area contributed by atoms with Gasteiger partial charge in [0, 0.05) is 26.8 Å². The second kappa shape index (κ2) is 8.71. The Morgan fingerprint density at radius 1 is 0.895 bits per heavy atom. The third-order valence-corrected chi connectivity index (χ3v) is 8.42. The number of carbonyl (C=O) groups excluding carboxylic acids is 3. The van der Waals surface area contributed by atoms with Gasteiger partial charge in [-0.15, -0.1) is 0 Å². The van der Waals surface area contributed by atoms with Crippen LogP contribution in [0.2, 0.25) is 5.02 Å². The van der Waals surface area contributed by atoms with Gasteiger partial charge in [0.25, 0.3) is 0 Å². The zero-order chi connectivity index (χ0) is 26.1. The van der Waals surface area contributed by atoms with Crippen LogP contribution in [0.15, 0.2) is 71.2 Å². The third kappa shape index (κ3) is 3.43. The number of amides is 2. The van der Waals surface area contributed by atoms with Crippen molar-refractivity contribution < 1.29 is 23.9 Å². The fourth-order valence-electron chi connectivity index (χ4n) is 6.04. The number of Topliss-reactive ketones (excluding diaryl/α,β-unsaturated/α-hetero) is 1. The summed E-state index contributed by atoms with van der Waals surface area (Å²) in [6.45, 7) is 0.824. The second-order valence-corrected chi connectivity index (χ2v) is 11.0. The molecule has 0 saturated carbocycles. The van der Waals surface area contributed by atoms with Crippen molar-refractivity contribution in [3.05, 3.63) is 87.4 Å². The van der Waals surface area contributed by atoms with Crippen LogP contribution in [0.25, 0.3) is 6.08 Å². The smallest absolute Gasteiger partial charge is 0.240 e. The molecule has 0 radical (unpaired) electrons. The maximum Gasteiger partial charge on any atom is 0.240 e. The minimum Gasteiger partial charge on any atom is -0.486 e. The van der Waals surface area contributed by atoms with Gasteiger partial charge in [-0.1, -0.05) is 57.9 Å². The van der Waals surface area contributed by atoms with Crippen molar-refractivity contribution in [1.82, 2.24) is 0 Å². The van der Waals surface area contributed by atoms with Crippen molar-refractivity contribution in [2.75, 3.05) is 23.0 Å². The molecule has 2 saturated heterocycles. The van der Waals surface area contributed by atoms with Gasteiger partial charge in [0.15, 0.2) is 17.3 Å². The highest BCUT2D eigenvalue weighted by Crippen LogP contribution is 2.50. The fourth-order valence-corrected chi connectivity index (χ4v) is 6.47. The molecular formula is C29H20BrClN2O5. The van der Waals surface area contributed by atoms with E-state index in [0.29, 0.717) is 41.0 Å². The molecule has 0 unspecified atom stereocenters. The van der Waals surface area contributed by atoms with Crippen LogP contribution in [-0.4, -0.2) is 42.9 Å². The fraction of sp³-hybridized carbons (Fsp3) is 0.207. The number of imide groups is 1. The third-order valence-electron chi connectivity index (χ3n) is 7.65. The van der Waals surface area contributed by atoms with Gasteiger partial charge in [-0.3, -0.25) is 14.4 Å². The van der Waals surface area contributed by atoms with E-state index < -0.39 is 29.8 Å². The number of halogens is 2. The van der Waals surface area contributed by atoms with E-state index in [2.05, 4.69) is 15.9 Å². The van der Waals surface area contributed by atoms with Gasteiger partial charge in [0.05, 0.1) is 23.6 Å². The van der Waals surface area contributed by atoms with Crippen LogP contribution >= 0.6 is 27.5 Å². The lowest BCUT2D eigenvalue weighted by Gasteiger charge is -2.36. The molecule has 0 aromatic heterocycles. The molecule has 190 valence electrons. The lowest BCUT2D eigenvalue weighted by atomic mass is 9.86. The Labute approximate surface area is 231 Å². The van der Waals surface area contributed by atoms with Gasteiger partial charge in [-0.25, -0.2) is 4.90 Å². The lowest BCUT2D eigenvalue weighted by molar-refractivity contribution is -0.122. The van der Waals surface area contributed by atoms with E-state index in [1.165, 1.54) is 4.90 Å². The largest absolute Gasteiger partial charge is 0.486 e. The van der Waals surface area contributed by atoms with E-state index in [0.717, 1.165) is 15.7 Å². The van der Waals surface area contributed by atoms with Crippen LogP contribution in [0.4, 0.5) is 11.4 Å². The van der Waals surface area contributed by atoms with Gasteiger partial charge in [-0.2, -0.15) is 0 Å². The van der Waals surface area contributed by atoms with E-state index in [1.54, 1.807) is 54.6 Å². The Balaban J connectivity index is 1.35. The molecule has 2 amide bonds. The number of anilines is 2. The molecule has 2 fully saturated rings. The van der Waals surface area contributed by atoms with Crippen LogP contribution in [0, 0.1) is 11.8 Å². The number of carbonyl (C=O) groups is 3. The van der Waals surface area contributed by atoms with Crippen molar-refractivity contribution in [2.24, 2.45) is 11.8 Å². The maximum atomic E-state index is 14.1. The Kier molecular flexibility index (Phi) is 5.39. The number of nitrogens with zero attached hydrogens (tertiary/aromatic N) is 2. The number of rotatable bonds is 3. The topological polar surface area (TPSA) is 76.1 Å². The lowest BCUT2D eigenvalue weighted by Crippen LogP contribution is -2.48. The number of ketones is 1. The Morgan fingerprint density at radius 2 is 1.63 bits per heavy atom. The first-order chi connectivity index (χ1) is 18.4. The molecule has 0 N–H and O–H groups in total. The van der Waals surface area contributed by atoms with Crippen LogP contribution in [0.5, 0.6) is 11.5 Å². The van der Waals surface area contributed by atoms with Crippen molar-refractivity contribution in [2.45, 2.75) is 12.1 Å². The predicted octanol–water partition coefficient (Wildman–Crippen LogP) is 5.15. The van der Waals surface area contributed by atoms with Crippen LogP contribution in [0.1, 0.15) is 15.9 Å². The minimum absolute atomic E-state index is 0.221. The minimum atomic E-state index is -0.882. The molecule has 9 heteroatoms. The van der Waals surface area contributed by atoms with E-state index >= 15 is 0 Å². The van der Waals surface area contributed by atoms with Crippen LogP contribution < -0.4 is 19.3 Å². The highest BCUT2D eigenvalue weighted by Gasteiger charge is 2.64. The monoisotopic (exact) mass is 590 g/mol. The standard InChI is InChI=1S/C29H20BrClN2O5/c30-17-5-1-16(2-6-17)27(34)26-25-24(20-9-4-15-3-7-18(31)13-21(15)33(20)26)28(35)32(29(25)36)19-8-10-22-23(14-19)38-12-11-37-22/h1-10,13-14,20,24-26H,11-12H2/t20-,24+,25-,26+/m1/s1. The van der Waals surface area contributed by atoms with Crippen molar-refractivity contribution in [1.29, 1.82) is 0 Å². The first kappa shape index (κ1) is 23.5. The Morgan fingerprint density at radius 3 is 2.42 bits per heavy atom. The quantitative estimate of drug-likeness (QED) is 0.310. The molecule has 7 nitrogen and oxygen atoms in total. The summed E-state index contributed by atoms with van der Waals surface area (Å²) >= 11 is 9.78. The van der Waals surface area contributed by atoms with Crippen molar-refractivity contribution >= 4 is 62.6 Å². The second-order valence-electron chi connectivity index (χ2n) is 9.67. The van der Waals surface area contributed by atoms with Gasteiger partial charge in [0.1, 0.15) is 19.3 Å². The first-order valence-electron chi connectivity index (χ1n) is 12.3. The number of benzene rings is 3. The molecule has 4 atom stereocenters. The van der Waals surface area contributed by atoms with Gasteiger partial charge in [-0.05, 0) is 42.0 Å². The summed E-state index contributed by atoms with van der Waals surface area (Å²) in [6.07, 6.45) is 3.85. The van der Waals surface area contributed by atoms with Crippen molar-refractivity contribution in [3.8, 4) is 11.5 Å². The summed E-state index contributed by atoms with van der Waals surface area (Å²) in [5.74, 6) is -1.52. The molecule has 3 aromatic carbocycles. The molecule has 0 aliphatic carbocycles. The molecule has 4 aliphatic heterocycles. The molecule has 4 heterocycles. The normalized spacial score (nSPS) is 24.8. The molecule has 7 rings (SSSR count). The average molecular weight is 592 g/mol. The number of ether oxygens (including phenoxy) is 2. The van der Waals surface area contributed by atoms with Crippen LogP contribution in [0.3, 0.4) is 0 Å². The molecular weight excluding hydrogens is 572 g/mol. The van der Waals surface area contributed by atoms with Gasteiger partial charge >= 0.3 is 0 Å².